The maximum absolute atomic E-state index is 5.72. The van der Waals surface area contributed by atoms with Gasteiger partial charge in [0.15, 0.2) is 0 Å². The van der Waals surface area contributed by atoms with Crippen molar-refractivity contribution >= 4 is 31.9 Å². The molecule has 1 atom stereocenters. The van der Waals surface area contributed by atoms with E-state index in [1.54, 1.807) is 0 Å². The number of nitrogens with two attached hydrogens (primary N) is 1. The average Bonchev–Trinajstić information content (AvgIpc) is 2.83. The van der Waals surface area contributed by atoms with Crippen LogP contribution in [0.5, 0.6) is 0 Å². The Kier molecular flexibility index (Phi) is 5.15. The number of rotatable bonds is 5. The Hall–Kier alpha value is -0.690. The minimum Gasteiger partial charge on any atom is -0.272 e. The topological polar surface area (TPSA) is 55.9 Å². The second-order valence-corrected chi connectivity index (χ2v) is 6.07. The van der Waals surface area contributed by atoms with E-state index in [2.05, 4.69) is 49.3 Å². The number of nitrogens with zero attached hydrogens (tertiary/aromatic N) is 2. The maximum atomic E-state index is 5.72. The van der Waals surface area contributed by atoms with Gasteiger partial charge in [-0.3, -0.25) is 10.5 Å². The van der Waals surface area contributed by atoms with Gasteiger partial charge in [0.25, 0.3) is 0 Å². The molecule has 0 radical (unpaired) electrons. The number of hydrogen-bond acceptors (Lipinski definition) is 3. The van der Waals surface area contributed by atoms with E-state index in [9.17, 15) is 0 Å². The normalized spacial score (nSPS) is 12.6. The Morgan fingerprint density at radius 3 is 2.89 bits per heavy atom. The molecule has 0 aliphatic rings. The lowest BCUT2D eigenvalue weighted by molar-refractivity contribution is 0.597. The van der Waals surface area contributed by atoms with Crippen molar-refractivity contribution in [2.24, 2.45) is 5.84 Å². The van der Waals surface area contributed by atoms with E-state index < -0.39 is 0 Å². The van der Waals surface area contributed by atoms with Gasteiger partial charge in [-0.15, -0.1) is 0 Å². The van der Waals surface area contributed by atoms with E-state index in [0.29, 0.717) is 0 Å². The summed E-state index contributed by atoms with van der Waals surface area (Å²) < 4.78 is 3.97. The van der Waals surface area contributed by atoms with Crippen LogP contribution in [0, 0.1) is 0 Å². The fraction of sp³-hybridized carbons (Fsp3) is 0.308. The number of aryl methyl sites for hydroxylation is 1. The zero-order valence-corrected chi connectivity index (χ0v) is 13.8. The highest BCUT2D eigenvalue weighted by atomic mass is 79.9. The van der Waals surface area contributed by atoms with Crippen molar-refractivity contribution in [1.29, 1.82) is 0 Å². The van der Waals surface area contributed by atoms with E-state index in [1.807, 2.05) is 35.3 Å². The lowest BCUT2D eigenvalue weighted by Gasteiger charge is -2.16. The predicted molar refractivity (Wildman–Crippen MR) is 83.5 cm³/mol. The Labute approximate surface area is 129 Å². The fourth-order valence-electron chi connectivity index (χ4n) is 1.98. The first kappa shape index (κ1) is 14.7. The zero-order valence-electron chi connectivity index (χ0n) is 10.6. The third kappa shape index (κ3) is 3.45. The summed E-state index contributed by atoms with van der Waals surface area (Å²) in [6.07, 6.45) is 4.94. The first-order valence-corrected chi connectivity index (χ1v) is 7.67. The second kappa shape index (κ2) is 6.65. The Morgan fingerprint density at radius 2 is 2.21 bits per heavy atom. The molecule has 102 valence electrons. The van der Waals surface area contributed by atoms with Gasteiger partial charge in [-0.1, -0.05) is 38.8 Å². The molecule has 1 heterocycles. The molecule has 4 nitrogen and oxygen atoms in total. The summed E-state index contributed by atoms with van der Waals surface area (Å²) in [6.45, 7) is 3.04. The molecule has 6 heteroatoms. The fourth-order valence-corrected chi connectivity index (χ4v) is 2.84. The van der Waals surface area contributed by atoms with Gasteiger partial charge < -0.3 is 0 Å². The Morgan fingerprint density at radius 1 is 1.42 bits per heavy atom. The lowest BCUT2D eigenvalue weighted by atomic mass is 10.0. The first-order chi connectivity index (χ1) is 9.15. The van der Waals surface area contributed by atoms with Gasteiger partial charge in [0.05, 0.1) is 12.2 Å². The molecule has 3 N–H and O–H groups in total. The van der Waals surface area contributed by atoms with Crippen LogP contribution in [0.1, 0.15) is 30.5 Å². The quantitative estimate of drug-likeness (QED) is 0.610. The molecule has 0 saturated heterocycles. The van der Waals surface area contributed by atoms with Gasteiger partial charge in [-0.05, 0) is 30.2 Å². The molecule has 2 rings (SSSR count). The summed E-state index contributed by atoms with van der Waals surface area (Å²) in [5.41, 5.74) is 4.98. The molecule has 0 spiro atoms. The van der Waals surface area contributed by atoms with Crippen molar-refractivity contribution in [2.45, 2.75) is 25.9 Å². The van der Waals surface area contributed by atoms with Crippen LogP contribution in [-0.4, -0.2) is 9.78 Å². The standard InChI is InChI=1S/C13H16Br2N4/c1-2-5-19-8-9(7-17-19)13(18-16)11-6-10(14)3-4-12(11)15/h3-4,6-8,13,18H,2,5,16H2,1H3. The van der Waals surface area contributed by atoms with Gasteiger partial charge >= 0.3 is 0 Å². The van der Waals surface area contributed by atoms with Crippen LogP contribution in [0.25, 0.3) is 0 Å². The molecule has 1 aromatic carbocycles. The van der Waals surface area contributed by atoms with E-state index in [0.717, 1.165) is 33.0 Å². The third-order valence-electron chi connectivity index (χ3n) is 2.87. The van der Waals surface area contributed by atoms with E-state index in [4.69, 9.17) is 5.84 Å². The summed E-state index contributed by atoms with van der Waals surface area (Å²) >= 11 is 7.05. The smallest absolute Gasteiger partial charge is 0.0752 e. The average molecular weight is 388 g/mol. The highest BCUT2D eigenvalue weighted by Gasteiger charge is 2.17. The van der Waals surface area contributed by atoms with Crippen molar-refractivity contribution in [3.05, 3.63) is 50.7 Å². The van der Waals surface area contributed by atoms with Crippen LogP contribution in [0.3, 0.4) is 0 Å². The highest BCUT2D eigenvalue weighted by molar-refractivity contribution is 9.11. The first-order valence-electron chi connectivity index (χ1n) is 6.09. The summed E-state index contributed by atoms with van der Waals surface area (Å²) in [4.78, 5) is 0. The van der Waals surface area contributed by atoms with Gasteiger partial charge in [-0.2, -0.15) is 5.10 Å². The summed E-state index contributed by atoms with van der Waals surface area (Å²) in [5, 5.41) is 4.35. The van der Waals surface area contributed by atoms with Crippen molar-refractivity contribution in [1.82, 2.24) is 15.2 Å². The summed E-state index contributed by atoms with van der Waals surface area (Å²) in [6, 6.07) is 5.95. The molecule has 19 heavy (non-hydrogen) atoms. The number of nitrogens with one attached hydrogen (secondary N) is 1. The summed E-state index contributed by atoms with van der Waals surface area (Å²) in [7, 11) is 0. The van der Waals surface area contributed by atoms with Crippen LogP contribution in [0.15, 0.2) is 39.5 Å². The largest absolute Gasteiger partial charge is 0.272 e. The number of benzene rings is 1. The lowest BCUT2D eigenvalue weighted by Crippen LogP contribution is -2.28. The highest BCUT2D eigenvalue weighted by Crippen LogP contribution is 2.30. The molecular weight excluding hydrogens is 372 g/mol. The van der Waals surface area contributed by atoms with Crippen molar-refractivity contribution in [3.8, 4) is 0 Å². The van der Waals surface area contributed by atoms with Gasteiger partial charge in [0, 0.05) is 27.3 Å². The maximum Gasteiger partial charge on any atom is 0.0752 e. The van der Waals surface area contributed by atoms with Crippen LogP contribution < -0.4 is 11.3 Å². The van der Waals surface area contributed by atoms with E-state index >= 15 is 0 Å². The van der Waals surface area contributed by atoms with Crippen molar-refractivity contribution in [2.75, 3.05) is 0 Å². The Bertz CT molecular complexity index is 553. The van der Waals surface area contributed by atoms with E-state index in [-0.39, 0.29) is 6.04 Å². The van der Waals surface area contributed by atoms with Gasteiger partial charge in [0.2, 0.25) is 0 Å². The number of aromatic nitrogens is 2. The van der Waals surface area contributed by atoms with Gasteiger partial charge in [-0.25, -0.2) is 5.43 Å². The number of hydrogen-bond donors (Lipinski definition) is 2. The molecule has 1 aromatic heterocycles. The van der Waals surface area contributed by atoms with E-state index in [1.165, 1.54) is 0 Å². The molecule has 0 aliphatic carbocycles. The molecule has 2 aromatic rings. The molecule has 0 saturated carbocycles. The molecule has 0 amide bonds. The van der Waals surface area contributed by atoms with Crippen LogP contribution >= 0.6 is 31.9 Å². The summed E-state index contributed by atoms with van der Waals surface area (Å²) in [5.74, 6) is 5.72. The third-order valence-corrected chi connectivity index (χ3v) is 4.09. The molecule has 1 unspecified atom stereocenters. The van der Waals surface area contributed by atoms with Gasteiger partial charge in [0.1, 0.15) is 0 Å². The van der Waals surface area contributed by atoms with Crippen LogP contribution in [-0.2, 0) is 6.54 Å². The molecule has 0 bridgehead atoms. The Balaban J connectivity index is 2.35. The van der Waals surface area contributed by atoms with Crippen molar-refractivity contribution < 1.29 is 0 Å². The second-order valence-electron chi connectivity index (χ2n) is 4.30. The van der Waals surface area contributed by atoms with Crippen LogP contribution in [0.4, 0.5) is 0 Å². The molecule has 0 aliphatic heterocycles. The predicted octanol–water partition coefficient (Wildman–Crippen LogP) is 3.37. The van der Waals surface area contributed by atoms with Crippen LogP contribution in [0.2, 0.25) is 0 Å². The monoisotopic (exact) mass is 386 g/mol. The SMILES string of the molecule is CCCn1cc(C(NN)c2cc(Br)ccc2Br)cn1. The minimum absolute atomic E-state index is 0.0857. The minimum atomic E-state index is -0.0857. The van der Waals surface area contributed by atoms with Crippen molar-refractivity contribution in [3.63, 3.8) is 0 Å². The zero-order chi connectivity index (χ0) is 13.8. The molecule has 0 fully saturated rings. The number of halogens is 2. The number of hydrazine groups is 1. The molecular formula is C13H16Br2N4.